The Labute approximate surface area is 209 Å². The maximum Gasteiger partial charge on any atom is 0.261 e. The van der Waals surface area contributed by atoms with Crippen molar-refractivity contribution in [2.75, 3.05) is 52.4 Å². The predicted molar refractivity (Wildman–Crippen MR) is 140 cm³/mol. The van der Waals surface area contributed by atoms with Gasteiger partial charge in [-0.05, 0) is 57.3 Å². The van der Waals surface area contributed by atoms with Crippen LogP contribution < -0.4 is 5.32 Å². The van der Waals surface area contributed by atoms with E-state index in [9.17, 15) is 9.59 Å². The lowest BCUT2D eigenvalue weighted by molar-refractivity contribution is 0.0652. The monoisotopic (exact) mass is 555 g/mol. The molecule has 0 radical (unpaired) electrons. The number of guanidine groups is 1. The van der Waals surface area contributed by atoms with Gasteiger partial charge in [-0.1, -0.05) is 26.0 Å². The normalized spacial score (nSPS) is 18.4. The molecular formula is C24H38IN5O2. The van der Waals surface area contributed by atoms with Crippen LogP contribution in [0.1, 0.15) is 60.7 Å². The highest BCUT2D eigenvalue weighted by Gasteiger charge is 2.34. The SMILES string of the molecule is CCNC(=NCCCCN1C(=O)c2ccccc2C1=O)N1CCC(CN(CC)CC)C1.I. The summed E-state index contributed by atoms with van der Waals surface area (Å²) < 4.78 is 0. The quantitative estimate of drug-likeness (QED) is 0.158. The van der Waals surface area contributed by atoms with Gasteiger partial charge in [-0.25, -0.2) is 0 Å². The molecule has 0 aromatic heterocycles. The summed E-state index contributed by atoms with van der Waals surface area (Å²) in [6.45, 7) is 14.0. The molecule has 1 aromatic carbocycles. The van der Waals surface area contributed by atoms with Crippen molar-refractivity contribution >= 4 is 41.8 Å². The van der Waals surface area contributed by atoms with Crippen LogP contribution >= 0.6 is 24.0 Å². The topological polar surface area (TPSA) is 68.2 Å². The molecule has 178 valence electrons. The van der Waals surface area contributed by atoms with Crippen molar-refractivity contribution in [1.82, 2.24) is 20.0 Å². The van der Waals surface area contributed by atoms with E-state index in [0.29, 0.717) is 30.1 Å². The van der Waals surface area contributed by atoms with Gasteiger partial charge >= 0.3 is 0 Å². The minimum Gasteiger partial charge on any atom is -0.357 e. The van der Waals surface area contributed by atoms with Crippen LogP contribution in [0.4, 0.5) is 0 Å². The molecule has 2 aliphatic rings. The molecule has 0 aliphatic carbocycles. The first-order valence-corrected chi connectivity index (χ1v) is 11.8. The van der Waals surface area contributed by atoms with E-state index in [-0.39, 0.29) is 35.8 Å². The molecule has 8 heteroatoms. The zero-order valence-corrected chi connectivity index (χ0v) is 22.0. The van der Waals surface area contributed by atoms with Crippen LogP contribution in [0.2, 0.25) is 0 Å². The molecule has 2 amide bonds. The number of likely N-dealkylation sites (tertiary alicyclic amines) is 1. The Balaban J connectivity index is 0.00000363. The van der Waals surface area contributed by atoms with Crippen molar-refractivity contribution in [3.8, 4) is 0 Å². The second-order valence-electron chi connectivity index (χ2n) is 8.34. The Bertz CT molecular complexity index is 761. The molecule has 0 saturated carbocycles. The van der Waals surface area contributed by atoms with Crippen LogP contribution in [0.5, 0.6) is 0 Å². The molecule has 1 fully saturated rings. The number of aliphatic imine (C=N–C) groups is 1. The fourth-order valence-corrected chi connectivity index (χ4v) is 4.46. The predicted octanol–water partition coefficient (Wildman–Crippen LogP) is 3.31. The average molecular weight is 556 g/mol. The number of nitrogens with zero attached hydrogens (tertiary/aromatic N) is 4. The smallest absolute Gasteiger partial charge is 0.261 e. The lowest BCUT2D eigenvalue weighted by Crippen LogP contribution is -2.41. The van der Waals surface area contributed by atoms with Crippen molar-refractivity contribution in [3.63, 3.8) is 0 Å². The van der Waals surface area contributed by atoms with Gasteiger partial charge in [0.15, 0.2) is 5.96 Å². The molecule has 1 N–H and O–H groups in total. The molecule has 0 bridgehead atoms. The summed E-state index contributed by atoms with van der Waals surface area (Å²) in [7, 11) is 0. The van der Waals surface area contributed by atoms with Crippen molar-refractivity contribution < 1.29 is 9.59 Å². The Morgan fingerprint density at radius 2 is 1.75 bits per heavy atom. The van der Waals surface area contributed by atoms with Crippen molar-refractivity contribution in [1.29, 1.82) is 0 Å². The van der Waals surface area contributed by atoms with E-state index in [1.807, 2.05) is 0 Å². The van der Waals surface area contributed by atoms with Crippen LogP contribution in [0, 0.1) is 5.92 Å². The van der Waals surface area contributed by atoms with Crippen molar-refractivity contribution in [2.45, 2.75) is 40.0 Å². The van der Waals surface area contributed by atoms with Gasteiger partial charge in [0.25, 0.3) is 11.8 Å². The number of unbranched alkanes of at least 4 members (excludes halogenated alkanes) is 1. The lowest BCUT2D eigenvalue weighted by Gasteiger charge is -2.24. The molecule has 0 spiro atoms. The number of benzene rings is 1. The summed E-state index contributed by atoms with van der Waals surface area (Å²) in [5.41, 5.74) is 1.04. The average Bonchev–Trinajstić information content (AvgIpc) is 3.35. The first-order chi connectivity index (χ1) is 15.1. The van der Waals surface area contributed by atoms with Gasteiger partial charge in [-0.3, -0.25) is 19.5 Å². The third-order valence-electron chi connectivity index (χ3n) is 6.26. The molecule has 32 heavy (non-hydrogen) atoms. The summed E-state index contributed by atoms with van der Waals surface area (Å²) in [5.74, 6) is 1.34. The van der Waals surface area contributed by atoms with Gasteiger partial charge < -0.3 is 15.1 Å². The van der Waals surface area contributed by atoms with Gasteiger partial charge in [0, 0.05) is 39.3 Å². The van der Waals surface area contributed by atoms with Crippen LogP contribution in [0.15, 0.2) is 29.3 Å². The minimum atomic E-state index is -0.172. The summed E-state index contributed by atoms with van der Waals surface area (Å²) >= 11 is 0. The van der Waals surface area contributed by atoms with Crippen molar-refractivity contribution in [2.24, 2.45) is 10.9 Å². The number of carbonyl (C=O) groups is 2. The van der Waals surface area contributed by atoms with Crippen LogP contribution in [-0.2, 0) is 0 Å². The molecule has 1 aromatic rings. The minimum absolute atomic E-state index is 0. The highest BCUT2D eigenvalue weighted by atomic mass is 127. The van der Waals surface area contributed by atoms with Crippen molar-refractivity contribution in [3.05, 3.63) is 35.4 Å². The van der Waals surface area contributed by atoms with E-state index in [1.165, 1.54) is 11.3 Å². The summed E-state index contributed by atoms with van der Waals surface area (Å²) in [6, 6.07) is 7.06. The Hall–Kier alpha value is -1.68. The number of rotatable bonds is 10. The zero-order valence-electron chi connectivity index (χ0n) is 19.7. The molecule has 2 heterocycles. The van der Waals surface area contributed by atoms with E-state index in [4.69, 9.17) is 4.99 Å². The molecule has 2 aliphatic heterocycles. The number of hydrogen-bond donors (Lipinski definition) is 1. The fourth-order valence-electron chi connectivity index (χ4n) is 4.46. The van der Waals surface area contributed by atoms with Crippen LogP contribution in [0.25, 0.3) is 0 Å². The number of hydrogen-bond acceptors (Lipinski definition) is 4. The van der Waals surface area contributed by atoms with E-state index in [2.05, 4.69) is 35.9 Å². The van der Waals surface area contributed by atoms with E-state index in [1.54, 1.807) is 24.3 Å². The lowest BCUT2D eigenvalue weighted by atomic mass is 10.1. The largest absolute Gasteiger partial charge is 0.357 e. The van der Waals surface area contributed by atoms with Gasteiger partial charge in [0.1, 0.15) is 0 Å². The van der Waals surface area contributed by atoms with E-state index in [0.717, 1.165) is 58.1 Å². The Morgan fingerprint density at radius 1 is 1.09 bits per heavy atom. The maximum atomic E-state index is 12.4. The third-order valence-corrected chi connectivity index (χ3v) is 6.26. The number of fused-ring (bicyclic) bond motifs is 1. The van der Waals surface area contributed by atoms with Gasteiger partial charge in [0.05, 0.1) is 11.1 Å². The van der Waals surface area contributed by atoms with Gasteiger partial charge in [-0.2, -0.15) is 0 Å². The first kappa shape index (κ1) is 26.6. The molecule has 1 saturated heterocycles. The summed E-state index contributed by atoms with van der Waals surface area (Å²) in [4.78, 5) is 36.0. The first-order valence-electron chi connectivity index (χ1n) is 11.8. The van der Waals surface area contributed by atoms with Crippen LogP contribution in [0.3, 0.4) is 0 Å². The fraction of sp³-hybridized carbons (Fsp3) is 0.625. The number of amides is 2. The van der Waals surface area contributed by atoms with E-state index < -0.39 is 0 Å². The molecule has 7 nitrogen and oxygen atoms in total. The van der Waals surface area contributed by atoms with Gasteiger partial charge in [-0.15, -0.1) is 24.0 Å². The molecule has 1 atom stereocenters. The number of imide groups is 1. The Morgan fingerprint density at radius 3 is 2.34 bits per heavy atom. The highest BCUT2D eigenvalue weighted by molar-refractivity contribution is 14.0. The Kier molecular flexibility index (Phi) is 10.9. The molecule has 3 rings (SSSR count). The van der Waals surface area contributed by atoms with Crippen LogP contribution in [-0.4, -0.2) is 84.8 Å². The van der Waals surface area contributed by atoms with Gasteiger partial charge in [0.2, 0.25) is 0 Å². The standard InChI is InChI=1S/C24H37N5O2.HI/c1-4-25-24(28-16-13-19(18-28)17-27(5-2)6-3)26-14-9-10-15-29-22(30)20-11-7-8-12-21(20)23(29)31;/h7-8,11-12,19H,4-6,9-10,13-18H2,1-3H3,(H,25,26);1H. The summed E-state index contributed by atoms with van der Waals surface area (Å²) in [5, 5.41) is 3.43. The number of nitrogens with one attached hydrogen (secondary N) is 1. The highest BCUT2D eigenvalue weighted by Crippen LogP contribution is 2.22. The second kappa shape index (κ2) is 13.1. The maximum absolute atomic E-state index is 12.4. The zero-order chi connectivity index (χ0) is 22.2. The molecule has 1 unspecified atom stereocenters. The third kappa shape index (κ3) is 6.43. The number of carbonyl (C=O) groups excluding carboxylic acids is 2. The summed E-state index contributed by atoms with van der Waals surface area (Å²) in [6.07, 6.45) is 2.82. The number of halogens is 1. The van der Waals surface area contributed by atoms with E-state index >= 15 is 0 Å². The second-order valence-corrected chi connectivity index (χ2v) is 8.34. The molecular weight excluding hydrogens is 517 g/mol.